The van der Waals surface area contributed by atoms with Crippen LogP contribution in [-0.2, 0) is 13.0 Å². The van der Waals surface area contributed by atoms with Crippen molar-refractivity contribution in [2.45, 2.75) is 54.5 Å². The van der Waals surface area contributed by atoms with E-state index in [-0.39, 0.29) is 30.1 Å². The Bertz CT molecular complexity index is 1250. The van der Waals surface area contributed by atoms with E-state index in [1.165, 1.54) is 6.07 Å². The van der Waals surface area contributed by atoms with E-state index in [1.54, 1.807) is 13.0 Å². The Kier molecular flexibility index (Phi) is 9.18. The van der Waals surface area contributed by atoms with Crippen LogP contribution in [0.25, 0.3) is 11.1 Å². The predicted molar refractivity (Wildman–Crippen MR) is 144 cm³/mol. The Morgan fingerprint density at radius 1 is 1.03 bits per heavy atom. The van der Waals surface area contributed by atoms with Crippen molar-refractivity contribution in [3.63, 3.8) is 0 Å². The van der Waals surface area contributed by atoms with Crippen molar-refractivity contribution in [2.75, 3.05) is 5.32 Å². The SMILES string of the molecule is Cc1ccc(-c2c(CN)c(CC(C)C)nc(C)c2NC(=O)c2c(C(=O)O)ccc(C)c2C)cc1.Cl. The van der Waals surface area contributed by atoms with Gasteiger partial charge >= 0.3 is 5.97 Å². The fourth-order valence-corrected chi connectivity index (χ4v) is 4.23. The van der Waals surface area contributed by atoms with Gasteiger partial charge in [0, 0.05) is 17.8 Å². The molecule has 35 heavy (non-hydrogen) atoms. The number of carbonyl (C=O) groups excluding carboxylic acids is 1. The molecule has 7 heteroatoms. The third-order valence-corrected chi connectivity index (χ3v) is 6.14. The summed E-state index contributed by atoms with van der Waals surface area (Å²) in [7, 11) is 0. The second-order valence-corrected chi connectivity index (χ2v) is 9.23. The second-order valence-electron chi connectivity index (χ2n) is 9.23. The first-order valence-corrected chi connectivity index (χ1v) is 11.5. The molecule has 1 heterocycles. The van der Waals surface area contributed by atoms with Crippen LogP contribution in [0.2, 0.25) is 0 Å². The maximum atomic E-state index is 13.5. The molecule has 6 nitrogen and oxygen atoms in total. The van der Waals surface area contributed by atoms with Crippen LogP contribution >= 0.6 is 12.4 Å². The van der Waals surface area contributed by atoms with Gasteiger partial charge in [-0.05, 0) is 68.4 Å². The Hall–Kier alpha value is -3.22. The molecule has 0 unspecified atom stereocenters. The van der Waals surface area contributed by atoms with Crippen LogP contribution < -0.4 is 11.1 Å². The third-order valence-electron chi connectivity index (χ3n) is 6.14. The van der Waals surface area contributed by atoms with E-state index in [0.29, 0.717) is 22.9 Å². The molecule has 0 aliphatic heterocycles. The Morgan fingerprint density at radius 3 is 2.20 bits per heavy atom. The van der Waals surface area contributed by atoms with Crippen molar-refractivity contribution >= 4 is 30.0 Å². The Balaban J connectivity index is 0.00000432. The molecule has 1 amide bonds. The average molecular weight is 496 g/mol. The van der Waals surface area contributed by atoms with E-state index in [9.17, 15) is 14.7 Å². The van der Waals surface area contributed by atoms with Crippen molar-refractivity contribution in [3.8, 4) is 11.1 Å². The maximum absolute atomic E-state index is 13.5. The zero-order valence-electron chi connectivity index (χ0n) is 21.2. The molecule has 0 fully saturated rings. The van der Waals surface area contributed by atoms with Crippen LogP contribution in [0.15, 0.2) is 36.4 Å². The van der Waals surface area contributed by atoms with Gasteiger partial charge in [0.15, 0.2) is 0 Å². The number of hydrogen-bond donors (Lipinski definition) is 3. The van der Waals surface area contributed by atoms with E-state index < -0.39 is 11.9 Å². The van der Waals surface area contributed by atoms with Crippen LogP contribution in [-0.4, -0.2) is 22.0 Å². The molecule has 0 aliphatic rings. The van der Waals surface area contributed by atoms with Crippen molar-refractivity contribution in [1.29, 1.82) is 0 Å². The number of amides is 1. The summed E-state index contributed by atoms with van der Waals surface area (Å²) >= 11 is 0. The molecule has 3 rings (SSSR count). The highest BCUT2D eigenvalue weighted by atomic mass is 35.5. The first-order valence-electron chi connectivity index (χ1n) is 11.5. The number of pyridine rings is 1. The largest absolute Gasteiger partial charge is 0.478 e. The number of halogens is 1. The first kappa shape index (κ1) is 28.0. The van der Waals surface area contributed by atoms with Gasteiger partial charge in [0.1, 0.15) is 0 Å². The van der Waals surface area contributed by atoms with E-state index in [1.807, 2.05) is 45.0 Å². The van der Waals surface area contributed by atoms with Gasteiger partial charge in [0.2, 0.25) is 0 Å². The number of aryl methyl sites for hydroxylation is 3. The maximum Gasteiger partial charge on any atom is 0.336 e. The van der Waals surface area contributed by atoms with Crippen LogP contribution in [0.5, 0.6) is 0 Å². The molecule has 0 saturated carbocycles. The lowest BCUT2D eigenvalue weighted by Crippen LogP contribution is -2.21. The summed E-state index contributed by atoms with van der Waals surface area (Å²) in [6.45, 7) is 12.0. The summed E-state index contributed by atoms with van der Waals surface area (Å²) in [5, 5.41) is 12.7. The number of hydrogen-bond acceptors (Lipinski definition) is 4. The van der Waals surface area contributed by atoms with E-state index in [0.717, 1.165) is 39.9 Å². The van der Waals surface area contributed by atoms with Crippen LogP contribution in [0.3, 0.4) is 0 Å². The summed E-state index contributed by atoms with van der Waals surface area (Å²) < 4.78 is 0. The minimum atomic E-state index is -1.14. The lowest BCUT2D eigenvalue weighted by molar-refractivity contribution is 0.0692. The number of nitrogens with two attached hydrogens (primary N) is 1. The van der Waals surface area contributed by atoms with Gasteiger partial charge in [-0.1, -0.05) is 49.7 Å². The Morgan fingerprint density at radius 2 is 1.66 bits per heavy atom. The molecular formula is C28H34ClN3O3. The number of benzene rings is 2. The fraction of sp³-hybridized carbons (Fsp3) is 0.321. The standard InChI is InChI=1S/C28H33N3O3.ClH/c1-15(2)13-23-22(14-29)25(20-10-7-16(3)8-11-20)26(19(6)30-23)31-27(32)24-18(5)17(4)9-12-21(24)28(33)34;/h7-12,15H,13-14,29H2,1-6H3,(H,31,32)(H,33,34);1H. The summed E-state index contributed by atoms with van der Waals surface area (Å²) in [6.07, 6.45) is 0.764. The molecule has 1 aromatic heterocycles. The van der Waals surface area contributed by atoms with Gasteiger partial charge in [-0.25, -0.2) is 4.79 Å². The van der Waals surface area contributed by atoms with Gasteiger partial charge in [-0.3, -0.25) is 9.78 Å². The zero-order valence-corrected chi connectivity index (χ0v) is 22.0. The van der Waals surface area contributed by atoms with Gasteiger partial charge < -0.3 is 16.2 Å². The number of anilines is 1. The molecule has 0 saturated heterocycles. The van der Waals surface area contributed by atoms with Crippen molar-refractivity contribution in [3.05, 3.63) is 81.2 Å². The Labute approximate surface area is 213 Å². The van der Waals surface area contributed by atoms with Crippen LogP contribution in [0.4, 0.5) is 5.69 Å². The van der Waals surface area contributed by atoms with E-state index in [2.05, 4.69) is 19.2 Å². The number of aromatic carboxylic acids is 1. The molecule has 3 aromatic rings. The number of aromatic nitrogens is 1. The number of carboxylic acids is 1. The quantitative estimate of drug-likeness (QED) is 0.372. The van der Waals surface area contributed by atoms with Crippen LogP contribution in [0.1, 0.15) is 68.2 Å². The molecule has 0 spiro atoms. The average Bonchev–Trinajstić information content (AvgIpc) is 2.77. The molecule has 186 valence electrons. The smallest absolute Gasteiger partial charge is 0.336 e. The van der Waals surface area contributed by atoms with Gasteiger partial charge in [-0.2, -0.15) is 0 Å². The number of nitrogens with zero attached hydrogens (tertiary/aromatic N) is 1. The second kappa shape index (κ2) is 11.5. The number of rotatable bonds is 7. The molecule has 2 aromatic carbocycles. The minimum absolute atomic E-state index is 0. The highest BCUT2D eigenvalue weighted by molar-refractivity contribution is 6.13. The number of carboxylic acid groups (broad SMARTS) is 1. The van der Waals surface area contributed by atoms with Gasteiger partial charge in [0.05, 0.1) is 22.5 Å². The summed E-state index contributed by atoms with van der Waals surface area (Å²) in [5.74, 6) is -1.23. The topological polar surface area (TPSA) is 105 Å². The highest BCUT2D eigenvalue weighted by Crippen LogP contribution is 2.36. The minimum Gasteiger partial charge on any atom is -0.478 e. The molecule has 0 atom stereocenters. The van der Waals surface area contributed by atoms with Gasteiger partial charge in [-0.15, -0.1) is 12.4 Å². The van der Waals surface area contributed by atoms with E-state index >= 15 is 0 Å². The van der Waals surface area contributed by atoms with Crippen molar-refractivity contribution in [2.24, 2.45) is 11.7 Å². The lowest BCUT2D eigenvalue weighted by atomic mass is 9.91. The predicted octanol–water partition coefficient (Wildman–Crippen LogP) is 6.01. The lowest BCUT2D eigenvalue weighted by Gasteiger charge is -2.22. The first-order chi connectivity index (χ1) is 16.0. The van der Waals surface area contributed by atoms with Gasteiger partial charge in [0.25, 0.3) is 5.91 Å². The fourth-order valence-electron chi connectivity index (χ4n) is 4.23. The number of nitrogens with one attached hydrogen (secondary N) is 1. The van der Waals surface area contributed by atoms with Crippen LogP contribution in [0, 0.1) is 33.6 Å². The molecule has 0 radical (unpaired) electrons. The van der Waals surface area contributed by atoms with Crippen molar-refractivity contribution in [1.82, 2.24) is 4.98 Å². The molecule has 0 aliphatic carbocycles. The monoisotopic (exact) mass is 495 g/mol. The van der Waals surface area contributed by atoms with E-state index in [4.69, 9.17) is 10.7 Å². The third kappa shape index (κ3) is 5.89. The molecule has 4 N–H and O–H groups in total. The normalized spacial score (nSPS) is 10.7. The zero-order chi connectivity index (χ0) is 25.2. The van der Waals surface area contributed by atoms with Crippen molar-refractivity contribution < 1.29 is 14.7 Å². The molecular weight excluding hydrogens is 462 g/mol. The summed E-state index contributed by atoms with van der Waals surface area (Å²) in [6, 6.07) is 11.3. The number of carbonyl (C=O) groups is 2. The summed E-state index contributed by atoms with van der Waals surface area (Å²) in [5.41, 5.74) is 13.7. The highest BCUT2D eigenvalue weighted by Gasteiger charge is 2.24. The summed E-state index contributed by atoms with van der Waals surface area (Å²) in [4.78, 5) is 30.2. The molecule has 0 bridgehead atoms.